The third-order valence-electron chi connectivity index (χ3n) is 12.7. The van der Waals surface area contributed by atoms with Crippen molar-refractivity contribution in [1.82, 2.24) is 0 Å². The van der Waals surface area contributed by atoms with Gasteiger partial charge < -0.3 is 14.2 Å². The topological polar surface area (TPSA) is 78.9 Å². The zero-order valence-electron chi connectivity index (χ0n) is 45.6. The lowest BCUT2D eigenvalue weighted by Crippen LogP contribution is -2.30. The average molecular weight is 964 g/mol. The van der Waals surface area contributed by atoms with E-state index in [1.807, 2.05) is 6.08 Å². The fourth-order valence-corrected chi connectivity index (χ4v) is 8.24. The first-order valence-electron chi connectivity index (χ1n) is 29.4. The number of hydrogen-bond acceptors (Lipinski definition) is 6. The van der Waals surface area contributed by atoms with Gasteiger partial charge in [-0.15, -0.1) is 0 Å². The molecule has 0 bridgehead atoms. The Kier molecular flexibility index (Phi) is 54.8. The third kappa shape index (κ3) is 55.6. The lowest BCUT2D eigenvalue weighted by atomic mass is 10.0. The summed E-state index contributed by atoms with van der Waals surface area (Å²) in [5.74, 6) is -0.984. The van der Waals surface area contributed by atoms with Gasteiger partial charge in [0, 0.05) is 19.3 Å². The van der Waals surface area contributed by atoms with Crippen LogP contribution in [0.3, 0.4) is 0 Å². The number of rotatable bonds is 53. The zero-order chi connectivity index (χ0) is 50.0. The summed E-state index contributed by atoms with van der Waals surface area (Å²) in [5.41, 5.74) is 0. The Bertz CT molecular complexity index is 1290. The maximum absolute atomic E-state index is 12.8. The van der Waals surface area contributed by atoms with Gasteiger partial charge in [0.05, 0.1) is 0 Å². The van der Waals surface area contributed by atoms with Gasteiger partial charge in [0.2, 0.25) is 0 Å². The fourth-order valence-electron chi connectivity index (χ4n) is 8.24. The number of allylic oxidation sites excluding steroid dienone is 12. The molecule has 0 fully saturated rings. The van der Waals surface area contributed by atoms with Gasteiger partial charge in [-0.05, 0) is 83.5 Å². The first kappa shape index (κ1) is 65.8. The Morgan fingerprint density at radius 3 is 0.957 bits per heavy atom. The predicted molar refractivity (Wildman–Crippen MR) is 298 cm³/mol. The second kappa shape index (κ2) is 57.4. The Morgan fingerprint density at radius 1 is 0.290 bits per heavy atom. The summed E-state index contributed by atoms with van der Waals surface area (Å²) in [5, 5.41) is 0. The van der Waals surface area contributed by atoms with E-state index in [-0.39, 0.29) is 37.5 Å². The second-order valence-electron chi connectivity index (χ2n) is 19.6. The van der Waals surface area contributed by atoms with E-state index >= 15 is 0 Å². The van der Waals surface area contributed by atoms with Crippen molar-refractivity contribution in [3.8, 4) is 0 Å². The van der Waals surface area contributed by atoms with Gasteiger partial charge in [-0.1, -0.05) is 261 Å². The largest absolute Gasteiger partial charge is 0.462 e. The molecule has 6 nitrogen and oxygen atoms in total. The van der Waals surface area contributed by atoms with E-state index in [4.69, 9.17) is 14.2 Å². The molecule has 0 aromatic carbocycles. The maximum Gasteiger partial charge on any atom is 0.306 e. The summed E-state index contributed by atoms with van der Waals surface area (Å²) in [7, 11) is 0. The van der Waals surface area contributed by atoms with E-state index in [1.165, 1.54) is 167 Å². The van der Waals surface area contributed by atoms with Gasteiger partial charge in [-0.3, -0.25) is 14.4 Å². The minimum Gasteiger partial charge on any atom is -0.462 e. The molecule has 0 radical (unpaired) electrons. The highest BCUT2D eigenvalue weighted by Crippen LogP contribution is 2.16. The molecule has 0 N–H and O–H groups in total. The van der Waals surface area contributed by atoms with E-state index < -0.39 is 6.10 Å². The highest BCUT2D eigenvalue weighted by Gasteiger charge is 2.19. The summed E-state index contributed by atoms with van der Waals surface area (Å²) in [6.45, 7) is 6.55. The minimum absolute atomic E-state index is 0.0991. The number of hydrogen-bond donors (Lipinski definition) is 0. The van der Waals surface area contributed by atoms with Crippen LogP contribution in [0.15, 0.2) is 72.9 Å². The molecule has 0 unspecified atom stereocenters. The molecule has 0 aromatic heterocycles. The molecular formula is C63H110O6. The molecule has 398 valence electrons. The van der Waals surface area contributed by atoms with Crippen LogP contribution < -0.4 is 0 Å². The van der Waals surface area contributed by atoms with Crippen molar-refractivity contribution in [1.29, 1.82) is 0 Å². The summed E-state index contributed by atoms with van der Waals surface area (Å²) in [6, 6.07) is 0. The summed E-state index contributed by atoms with van der Waals surface area (Å²) >= 11 is 0. The van der Waals surface area contributed by atoms with E-state index in [1.54, 1.807) is 0 Å². The van der Waals surface area contributed by atoms with E-state index in [0.29, 0.717) is 19.3 Å². The van der Waals surface area contributed by atoms with Gasteiger partial charge in [-0.2, -0.15) is 0 Å². The minimum atomic E-state index is -0.808. The molecule has 0 aliphatic rings. The number of unbranched alkanes of at least 4 members (excludes halogenated alkanes) is 30. The summed E-state index contributed by atoms with van der Waals surface area (Å²) < 4.78 is 16.8. The molecule has 0 aromatic rings. The molecule has 0 rings (SSSR count). The number of carbonyl (C=O) groups excluding carboxylic acids is 3. The van der Waals surface area contributed by atoms with E-state index in [0.717, 1.165) is 77.0 Å². The molecular weight excluding hydrogens is 853 g/mol. The lowest BCUT2D eigenvalue weighted by Gasteiger charge is -2.18. The van der Waals surface area contributed by atoms with Crippen LogP contribution in [0.4, 0.5) is 0 Å². The normalized spacial score (nSPS) is 12.6. The molecule has 0 aliphatic carbocycles. The monoisotopic (exact) mass is 963 g/mol. The standard InChI is InChI=1S/C63H110O6/c1-4-7-10-13-16-19-22-25-27-29-31-33-35-38-40-43-46-49-52-55-61(64)67-58-60(69-63(66)57-54-51-48-45-42-37-24-21-18-15-12-9-6-3)59-68-62(65)56-53-50-47-44-41-39-36-34-32-30-28-26-23-20-17-14-11-8-5-2/h16,19,21,24-25,27,31,33,38,40,46,49,60H,4-15,17-18,20,22-23,26,28-30,32,34-37,39,41-45,47-48,50-59H2,1-3H3/b19-16-,24-21-,27-25-,33-31-,40-38-,49-46-/t60-/m1/s1. The highest BCUT2D eigenvalue weighted by molar-refractivity contribution is 5.71. The number of ether oxygens (including phenoxy) is 3. The van der Waals surface area contributed by atoms with Crippen LogP contribution in [0, 0.1) is 0 Å². The van der Waals surface area contributed by atoms with Crippen LogP contribution in [-0.4, -0.2) is 37.2 Å². The maximum atomic E-state index is 12.8. The predicted octanol–water partition coefficient (Wildman–Crippen LogP) is 19.8. The molecule has 0 heterocycles. The Labute approximate surface area is 427 Å². The van der Waals surface area contributed by atoms with Crippen LogP contribution in [0.5, 0.6) is 0 Å². The SMILES string of the molecule is CCCCC/C=C\C/C=C\C/C=C\C/C=C\C/C=C\CCC(=O)OC[C@H](COC(=O)CCCCCCCCCCCCCCCCCCCCC)OC(=O)CCCCCCC/C=C\CCCCCC. The Morgan fingerprint density at radius 2 is 0.551 bits per heavy atom. The van der Waals surface area contributed by atoms with E-state index in [9.17, 15) is 14.4 Å². The molecule has 1 atom stereocenters. The van der Waals surface area contributed by atoms with E-state index in [2.05, 4.69) is 87.6 Å². The third-order valence-corrected chi connectivity index (χ3v) is 12.7. The van der Waals surface area contributed by atoms with Crippen LogP contribution in [0.25, 0.3) is 0 Å². The molecule has 0 spiro atoms. The molecule has 6 heteroatoms. The second-order valence-corrected chi connectivity index (χ2v) is 19.6. The summed E-state index contributed by atoms with van der Waals surface area (Å²) in [6.07, 6.45) is 73.4. The van der Waals surface area contributed by atoms with Crippen molar-refractivity contribution in [2.45, 2.75) is 297 Å². The first-order chi connectivity index (χ1) is 34.0. The summed E-state index contributed by atoms with van der Waals surface area (Å²) in [4.78, 5) is 38.1. The molecule has 0 amide bonds. The molecule has 0 aliphatic heterocycles. The average Bonchev–Trinajstić information content (AvgIpc) is 3.35. The van der Waals surface area contributed by atoms with Gasteiger partial charge in [0.25, 0.3) is 0 Å². The van der Waals surface area contributed by atoms with Gasteiger partial charge in [0.1, 0.15) is 13.2 Å². The van der Waals surface area contributed by atoms with Crippen LogP contribution in [-0.2, 0) is 28.6 Å². The molecule has 0 saturated carbocycles. The Balaban J connectivity index is 4.43. The van der Waals surface area contributed by atoms with Crippen LogP contribution in [0.2, 0.25) is 0 Å². The van der Waals surface area contributed by atoms with Crippen molar-refractivity contribution in [3.05, 3.63) is 72.9 Å². The van der Waals surface area contributed by atoms with Crippen LogP contribution >= 0.6 is 0 Å². The first-order valence-corrected chi connectivity index (χ1v) is 29.4. The number of carbonyl (C=O) groups is 3. The molecule has 0 saturated heterocycles. The molecule has 69 heavy (non-hydrogen) atoms. The highest BCUT2D eigenvalue weighted by atomic mass is 16.6. The fraction of sp³-hybridized carbons (Fsp3) is 0.762. The van der Waals surface area contributed by atoms with Gasteiger partial charge >= 0.3 is 17.9 Å². The smallest absolute Gasteiger partial charge is 0.306 e. The Hall–Kier alpha value is -3.15. The van der Waals surface area contributed by atoms with Crippen molar-refractivity contribution in [3.63, 3.8) is 0 Å². The van der Waals surface area contributed by atoms with Crippen molar-refractivity contribution in [2.24, 2.45) is 0 Å². The van der Waals surface area contributed by atoms with Crippen molar-refractivity contribution < 1.29 is 28.6 Å². The lowest BCUT2D eigenvalue weighted by molar-refractivity contribution is -0.166. The van der Waals surface area contributed by atoms with Gasteiger partial charge in [-0.25, -0.2) is 0 Å². The number of esters is 3. The van der Waals surface area contributed by atoms with Gasteiger partial charge in [0.15, 0.2) is 6.10 Å². The van der Waals surface area contributed by atoms with Crippen LogP contribution in [0.1, 0.15) is 290 Å². The van der Waals surface area contributed by atoms with Crippen molar-refractivity contribution in [2.75, 3.05) is 13.2 Å². The quantitative estimate of drug-likeness (QED) is 0.0262. The zero-order valence-corrected chi connectivity index (χ0v) is 45.6. The van der Waals surface area contributed by atoms with Crippen molar-refractivity contribution >= 4 is 17.9 Å².